The predicted octanol–water partition coefficient (Wildman–Crippen LogP) is 3.56. The standard InChI is InChI=1S/C20H17N3O7S2/c1-28-15-6-11(7-16(29-2)18(15)30-3)8-17-19(25)22(20(31)32-17)21-10-12-9-13(23(26)27)4-5-14(12)24/h4-10,24H,1-3H3/b17-8?,21-10+. The molecular weight excluding hydrogens is 458 g/mol. The quantitative estimate of drug-likeness (QED) is 0.210. The molecular formula is C20H17N3O7S2. The van der Waals surface area contributed by atoms with Crippen LogP contribution in [0.5, 0.6) is 23.0 Å². The number of hydrazone groups is 1. The SMILES string of the molecule is COc1cc(C=C2SC(=S)N(/N=C/c3cc([N+](=O)[O-])ccc3O)C2=O)cc(OC)c1OC. The van der Waals surface area contributed by atoms with Gasteiger partial charge >= 0.3 is 0 Å². The number of non-ortho nitro benzene ring substituents is 1. The summed E-state index contributed by atoms with van der Waals surface area (Å²) in [5.41, 5.74) is 0.458. The number of hydrogen-bond donors (Lipinski definition) is 1. The first-order valence-corrected chi connectivity index (χ1v) is 10.1. The van der Waals surface area contributed by atoms with Crippen LogP contribution in [0.1, 0.15) is 11.1 Å². The minimum absolute atomic E-state index is 0.0712. The molecule has 0 saturated carbocycles. The molecule has 0 spiro atoms. The van der Waals surface area contributed by atoms with E-state index in [-0.39, 0.29) is 21.3 Å². The lowest BCUT2D eigenvalue weighted by Crippen LogP contribution is -2.22. The molecule has 1 fully saturated rings. The number of thioether (sulfide) groups is 1. The van der Waals surface area contributed by atoms with E-state index in [0.29, 0.717) is 27.7 Å². The molecule has 1 heterocycles. The highest BCUT2D eigenvalue weighted by Gasteiger charge is 2.32. The zero-order valence-electron chi connectivity index (χ0n) is 17.1. The minimum atomic E-state index is -0.601. The summed E-state index contributed by atoms with van der Waals surface area (Å²) < 4.78 is 16.1. The molecule has 3 rings (SSSR count). The fourth-order valence-electron chi connectivity index (χ4n) is 2.77. The van der Waals surface area contributed by atoms with Gasteiger partial charge in [-0.2, -0.15) is 10.1 Å². The van der Waals surface area contributed by atoms with Gasteiger partial charge in [-0.25, -0.2) is 0 Å². The third-order valence-corrected chi connectivity index (χ3v) is 5.58. The van der Waals surface area contributed by atoms with Crippen molar-refractivity contribution in [2.75, 3.05) is 21.3 Å². The van der Waals surface area contributed by atoms with Crippen LogP contribution in [-0.2, 0) is 4.79 Å². The third kappa shape index (κ3) is 4.65. The first-order chi connectivity index (χ1) is 15.3. The summed E-state index contributed by atoms with van der Waals surface area (Å²) in [6.45, 7) is 0. The van der Waals surface area contributed by atoms with Crippen molar-refractivity contribution in [1.82, 2.24) is 5.01 Å². The van der Waals surface area contributed by atoms with E-state index in [2.05, 4.69) is 5.10 Å². The van der Waals surface area contributed by atoms with E-state index in [0.717, 1.165) is 35.1 Å². The van der Waals surface area contributed by atoms with Gasteiger partial charge in [-0.15, -0.1) is 0 Å². The number of methoxy groups -OCH3 is 3. The van der Waals surface area contributed by atoms with Crippen LogP contribution in [-0.4, -0.2) is 52.8 Å². The highest BCUT2D eigenvalue weighted by molar-refractivity contribution is 8.26. The Balaban J connectivity index is 1.90. The molecule has 2 aromatic rings. The molecule has 2 aromatic carbocycles. The Morgan fingerprint density at radius 1 is 1.16 bits per heavy atom. The van der Waals surface area contributed by atoms with Crippen LogP contribution < -0.4 is 14.2 Å². The second kappa shape index (κ2) is 9.66. The highest BCUT2D eigenvalue weighted by atomic mass is 32.2. The van der Waals surface area contributed by atoms with Crippen molar-refractivity contribution in [1.29, 1.82) is 0 Å². The van der Waals surface area contributed by atoms with E-state index in [1.54, 1.807) is 18.2 Å². The Morgan fingerprint density at radius 2 is 1.81 bits per heavy atom. The van der Waals surface area contributed by atoms with Crippen LogP contribution in [0.15, 0.2) is 40.3 Å². The highest BCUT2D eigenvalue weighted by Crippen LogP contribution is 2.40. The molecule has 1 N–H and O–H groups in total. The molecule has 32 heavy (non-hydrogen) atoms. The van der Waals surface area contributed by atoms with Gasteiger partial charge in [0.05, 0.1) is 37.4 Å². The maximum Gasteiger partial charge on any atom is 0.286 e. The summed E-state index contributed by atoms with van der Waals surface area (Å²) >= 11 is 6.27. The fraction of sp³-hybridized carbons (Fsp3) is 0.150. The number of carbonyl (C=O) groups is 1. The largest absolute Gasteiger partial charge is 0.507 e. The summed E-state index contributed by atoms with van der Waals surface area (Å²) in [5.74, 6) is 0.550. The fourth-order valence-corrected chi connectivity index (χ4v) is 3.95. The Hall–Kier alpha value is -3.64. The number of benzene rings is 2. The first-order valence-electron chi connectivity index (χ1n) is 8.88. The van der Waals surface area contributed by atoms with Crippen molar-refractivity contribution in [3.05, 3.63) is 56.5 Å². The van der Waals surface area contributed by atoms with Crippen LogP contribution in [0.4, 0.5) is 5.69 Å². The maximum absolute atomic E-state index is 12.8. The maximum atomic E-state index is 12.8. The average molecular weight is 476 g/mol. The van der Waals surface area contributed by atoms with Crippen LogP contribution in [0.2, 0.25) is 0 Å². The number of nitro groups is 1. The van der Waals surface area contributed by atoms with Gasteiger partial charge in [0.25, 0.3) is 11.6 Å². The van der Waals surface area contributed by atoms with Gasteiger partial charge in [0, 0.05) is 17.7 Å². The molecule has 0 unspecified atom stereocenters. The molecule has 166 valence electrons. The number of thiocarbonyl (C=S) groups is 1. The molecule has 1 aliphatic rings. The number of phenolic OH excluding ortho intramolecular Hbond substituents is 1. The first kappa shape index (κ1) is 23.0. The second-order valence-corrected chi connectivity index (χ2v) is 7.87. The van der Waals surface area contributed by atoms with Gasteiger partial charge in [0.15, 0.2) is 15.8 Å². The minimum Gasteiger partial charge on any atom is -0.507 e. The monoisotopic (exact) mass is 475 g/mol. The lowest BCUT2D eigenvalue weighted by molar-refractivity contribution is -0.384. The van der Waals surface area contributed by atoms with Crippen molar-refractivity contribution >= 4 is 52.2 Å². The average Bonchev–Trinajstić information content (AvgIpc) is 3.04. The van der Waals surface area contributed by atoms with Crippen LogP contribution in [0, 0.1) is 10.1 Å². The van der Waals surface area contributed by atoms with E-state index in [1.165, 1.54) is 27.4 Å². The summed E-state index contributed by atoms with van der Waals surface area (Å²) in [6.07, 6.45) is 2.74. The number of rotatable bonds is 7. The molecule has 0 atom stereocenters. The number of aromatic hydroxyl groups is 1. The molecule has 12 heteroatoms. The van der Waals surface area contributed by atoms with Crippen molar-refractivity contribution in [3.63, 3.8) is 0 Å². The molecule has 0 bridgehead atoms. The number of nitrogens with zero attached hydrogens (tertiary/aromatic N) is 3. The van der Waals surface area contributed by atoms with E-state index < -0.39 is 10.8 Å². The number of phenols is 1. The van der Waals surface area contributed by atoms with Crippen LogP contribution in [0.3, 0.4) is 0 Å². The molecule has 1 aliphatic heterocycles. The predicted molar refractivity (Wildman–Crippen MR) is 123 cm³/mol. The summed E-state index contributed by atoms with van der Waals surface area (Å²) in [6, 6.07) is 6.83. The topological polar surface area (TPSA) is 124 Å². The normalized spacial score (nSPS) is 15.0. The van der Waals surface area contributed by atoms with Gasteiger partial charge < -0.3 is 19.3 Å². The van der Waals surface area contributed by atoms with E-state index >= 15 is 0 Å². The molecule has 1 amide bonds. The van der Waals surface area contributed by atoms with E-state index in [9.17, 15) is 20.0 Å². The Bertz CT molecular complexity index is 1140. The third-order valence-electron chi connectivity index (χ3n) is 4.29. The molecule has 0 aromatic heterocycles. The number of ether oxygens (including phenoxy) is 3. The van der Waals surface area contributed by atoms with Gasteiger partial charge in [-0.05, 0) is 42.1 Å². The zero-order valence-corrected chi connectivity index (χ0v) is 18.7. The lowest BCUT2D eigenvalue weighted by atomic mass is 10.1. The van der Waals surface area contributed by atoms with Gasteiger partial charge in [-0.1, -0.05) is 11.8 Å². The summed E-state index contributed by atoms with van der Waals surface area (Å²) in [4.78, 5) is 23.4. The number of amides is 1. The second-order valence-electron chi connectivity index (χ2n) is 6.20. The number of hydrogen-bond acceptors (Lipinski definition) is 10. The molecule has 0 radical (unpaired) electrons. The summed E-state index contributed by atoms with van der Waals surface area (Å²) in [7, 11) is 4.46. The van der Waals surface area contributed by atoms with Crippen LogP contribution in [0.25, 0.3) is 6.08 Å². The van der Waals surface area contributed by atoms with Crippen molar-refractivity contribution in [2.24, 2.45) is 5.10 Å². The van der Waals surface area contributed by atoms with Gasteiger partial charge in [0.1, 0.15) is 5.75 Å². The molecule has 0 aliphatic carbocycles. The van der Waals surface area contributed by atoms with E-state index in [4.69, 9.17) is 26.4 Å². The Labute approximate surface area is 192 Å². The molecule has 1 saturated heterocycles. The van der Waals surface area contributed by atoms with Crippen LogP contribution >= 0.6 is 24.0 Å². The van der Waals surface area contributed by atoms with Gasteiger partial charge in [0.2, 0.25) is 5.75 Å². The van der Waals surface area contributed by atoms with Crippen molar-refractivity contribution < 1.29 is 29.0 Å². The summed E-state index contributed by atoms with van der Waals surface area (Å²) in [5, 5.41) is 25.8. The lowest BCUT2D eigenvalue weighted by Gasteiger charge is -2.13. The zero-order chi connectivity index (χ0) is 23.4. The Morgan fingerprint density at radius 3 is 2.38 bits per heavy atom. The Kier molecular flexibility index (Phi) is 6.95. The van der Waals surface area contributed by atoms with Crippen molar-refractivity contribution in [3.8, 4) is 23.0 Å². The van der Waals surface area contributed by atoms with Gasteiger partial charge in [-0.3, -0.25) is 14.9 Å². The van der Waals surface area contributed by atoms with E-state index in [1.807, 2.05) is 0 Å². The number of carbonyl (C=O) groups excluding carboxylic acids is 1. The molecule has 10 nitrogen and oxygen atoms in total. The van der Waals surface area contributed by atoms with Crippen molar-refractivity contribution in [2.45, 2.75) is 0 Å². The number of nitro benzene ring substituents is 1. The smallest absolute Gasteiger partial charge is 0.286 e.